The highest BCUT2D eigenvalue weighted by molar-refractivity contribution is 5.93. The summed E-state index contributed by atoms with van der Waals surface area (Å²) in [6.45, 7) is 5.08. The van der Waals surface area contributed by atoms with E-state index in [0.29, 0.717) is 38.3 Å². The first-order chi connectivity index (χ1) is 10.1. The molecule has 0 aromatic heterocycles. The number of benzene rings is 1. The van der Waals surface area contributed by atoms with E-state index in [1.807, 2.05) is 19.1 Å². The van der Waals surface area contributed by atoms with Gasteiger partial charge in [-0.25, -0.2) is 4.79 Å². The molecule has 2 N–H and O–H groups in total. The third-order valence-electron chi connectivity index (χ3n) is 3.46. The number of piperazine rings is 1. The molecule has 0 radical (unpaired) electrons. The Morgan fingerprint density at radius 2 is 1.95 bits per heavy atom. The van der Waals surface area contributed by atoms with E-state index >= 15 is 0 Å². The van der Waals surface area contributed by atoms with Crippen molar-refractivity contribution in [3.8, 4) is 0 Å². The Kier molecular flexibility index (Phi) is 5.03. The standard InChI is InChI=1S/C15H21N3O3/c1-2-10-21-15(20)18-8-6-17(7-9-18)13-5-3-4-12(11-13)14(16)19/h3-5,11H,2,6-10H2,1H3,(H2,16,19). The molecule has 2 amide bonds. The third kappa shape index (κ3) is 3.87. The minimum absolute atomic E-state index is 0.248. The third-order valence-corrected chi connectivity index (χ3v) is 3.46. The van der Waals surface area contributed by atoms with Crippen LogP contribution in [0.1, 0.15) is 23.7 Å². The highest BCUT2D eigenvalue weighted by Crippen LogP contribution is 2.18. The molecule has 1 aromatic rings. The van der Waals surface area contributed by atoms with Gasteiger partial charge in [-0.2, -0.15) is 0 Å². The van der Waals surface area contributed by atoms with E-state index in [9.17, 15) is 9.59 Å². The molecule has 1 fully saturated rings. The van der Waals surface area contributed by atoms with Crippen molar-refractivity contribution in [3.63, 3.8) is 0 Å². The maximum Gasteiger partial charge on any atom is 0.409 e. The molecule has 114 valence electrons. The molecule has 0 bridgehead atoms. The van der Waals surface area contributed by atoms with Crippen molar-refractivity contribution in [2.45, 2.75) is 13.3 Å². The molecule has 6 nitrogen and oxygen atoms in total. The van der Waals surface area contributed by atoms with Crippen molar-refractivity contribution < 1.29 is 14.3 Å². The topological polar surface area (TPSA) is 75.9 Å². The lowest BCUT2D eigenvalue weighted by atomic mass is 10.1. The van der Waals surface area contributed by atoms with Gasteiger partial charge in [0.2, 0.25) is 5.91 Å². The van der Waals surface area contributed by atoms with E-state index in [4.69, 9.17) is 10.5 Å². The molecule has 0 spiro atoms. The molecule has 6 heteroatoms. The van der Waals surface area contributed by atoms with Gasteiger partial charge in [0.25, 0.3) is 0 Å². The zero-order valence-electron chi connectivity index (χ0n) is 12.2. The molecular formula is C15H21N3O3. The van der Waals surface area contributed by atoms with E-state index in [1.165, 1.54) is 0 Å². The Morgan fingerprint density at radius 1 is 1.24 bits per heavy atom. The molecular weight excluding hydrogens is 270 g/mol. The molecule has 0 atom stereocenters. The van der Waals surface area contributed by atoms with Crippen LogP contribution >= 0.6 is 0 Å². The molecule has 0 saturated carbocycles. The van der Waals surface area contributed by atoms with Crippen LogP contribution in [0.5, 0.6) is 0 Å². The lowest BCUT2D eigenvalue weighted by molar-refractivity contribution is 0.0996. The van der Waals surface area contributed by atoms with Gasteiger partial charge in [0.15, 0.2) is 0 Å². The molecule has 0 unspecified atom stereocenters. The first-order valence-corrected chi connectivity index (χ1v) is 7.18. The van der Waals surface area contributed by atoms with Crippen LogP contribution in [0.25, 0.3) is 0 Å². The fourth-order valence-electron chi connectivity index (χ4n) is 2.28. The molecule has 21 heavy (non-hydrogen) atoms. The number of nitrogens with two attached hydrogens (primary N) is 1. The molecule has 1 aliphatic heterocycles. The number of amides is 2. The van der Waals surface area contributed by atoms with Gasteiger partial charge in [-0.1, -0.05) is 13.0 Å². The number of hydrogen-bond acceptors (Lipinski definition) is 4. The van der Waals surface area contributed by atoms with E-state index in [2.05, 4.69) is 4.90 Å². The number of primary amides is 1. The maximum atomic E-state index is 11.8. The van der Waals surface area contributed by atoms with Gasteiger partial charge in [0, 0.05) is 37.4 Å². The van der Waals surface area contributed by atoms with Gasteiger partial charge < -0.3 is 20.3 Å². The highest BCUT2D eigenvalue weighted by atomic mass is 16.6. The van der Waals surface area contributed by atoms with Gasteiger partial charge in [0.05, 0.1) is 6.61 Å². The SMILES string of the molecule is CCCOC(=O)N1CCN(c2cccc(C(N)=O)c2)CC1. The van der Waals surface area contributed by atoms with Crippen molar-refractivity contribution in [2.24, 2.45) is 5.73 Å². The fraction of sp³-hybridized carbons (Fsp3) is 0.467. The van der Waals surface area contributed by atoms with Crippen LogP contribution in [0.4, 0.5) is 10.5 Å². The average Bonchev–Trinajstić information content (AvgIpc) is 2.53. The van der Waals surface area contributed by atoms with Crippen molar-refractivity contribution in [1.82, 2.24) is 4.90 Å². The van der Waals surface area contributed by atoms with Crippen LogP contribution in [0.3, 0.4) is 0 Å². The van der Waals surface area contributed by atoms with Crippen LogP contribution in [0.2, 0.25) is 0 Å². The fourth-order valence-corrected chi connectivity index (χ4v) is 2.28. The van der Waals surface area contributed by atoms with Crippen LogP contribution in [0, 0.1) is 0 Å². The van der Waals surface area contributed by atoms with Gasteiger partial charge in [0.1, 0.15) is 0 Å². The second kappa shape index (κ2) is 6.97. The number of carbonyl (C=O) groups excluding carboxylic acids is 2. The molecule has 1 aromatic carbocycles. The summed E-state index contributed by atoms with van der Waals surface area (Å²) in [4.78, 5) is 26.8. The smallest absolute Gasteiger partial charge is 0.409 e. The Hall–Kier alpha value is -2.24. The van der Waals surface area contributed by atoms with E-state index in [0.717, 1.165) is 12.1 Å². The minimum atomic E-state index is -0.432. The van der Waals surface area contributed by atoms with Gasteiger partial charge in [-0.3, -0.25) is 4.79 Å². The normalized spacial score (nSPS) is 14.9. The van der Waals surface area contributed by atoms with E-state index < -0.39 is 5.91 Å². The summed E-state index contributed by atoms with van der Waals surface area (Å²) in [5.74, 6) is -0.432. The summed E-state index contributed by atoms with van der Waals surface area (Å²) in [6, 6.07) is 7.24. The molecule has 1 heterocycles. The summed E-state index contributed by atoms with van der Waals surface area (Å²) in [7, 11) is 0. The van der Waals surface area contributed by atoms with Gasteiger partial charge in [-0.05, 0) is 24.6 Å². The van der Waals surface area contributed by atoms with Crippen molar-refractivity contribution in [1.29, 1.82) is 0 Å². The number of nitrogens with zero attached hydrogens (tertiary/aromatic N) is 2. The minimum Gasteiger partial charge on any atom is -0.449 e. The largest absolute Gasteiger partial charge is 0.449 e. The second-order valence-corrected chi connectivity index (χ2v) is 5.00. The number of ether oxygens (including phenoxy) is 1. The van der Waals surface area contributed by atoms with Crippen LogP contribution in [-0.2, 0) is 4.74 Å². The van der Waals surface area contributed by atoms with Gasteiger partial charge in [-0.15, -0.1) is 0 Å². The lowest BCUT2D eigenvalue weighted by Gasteiger charge is -2.35. The van der Waals surface area contributed by atoms with Crippen LogP contribution < -0.4 is 10.6 Å². The Balaban J connectivity index is 1.93. The van der Waals surface area contributed by atoms with E-state index in [1.54, 1.807) is 17.0 Å². The summed E-state index contributed by atoms with van der Waals surface area (Å²) in [6.07, 6.45) is 0.577. The van der Waals surface area contributed by atoms with Crippen molar-refractivity contribution in [3.05, 3.63) is 29.8 Å². The predicted molar refractivity (Wildman–Crippen MR) is 80.4 cm³/mol. The first-order valence-electron chi connectivity index (χ1n) is 7.18. The lowest BCUT2D eigenvalue weighted by Crippen LogP contribution is -2.49. The van der Waals surface area contributed by atoms with Crippen LogP contribution in [-0.4, -0.2) is 49.7 Å². The summed E-state index contributed by atoms with van der Waals surface area (Å²) >= 11 is 0. The quantitative estimate of drug-likeness (QED) is 0.911. The molecule has 1 saturated heterocycles. The summed E-state index contributed by atoms with van der Waals surface area (Å²) in [5, 5.41) is 0. The Morgan fingerprint density at radius 3 is 2.57 bits per heavy atom. The predicted octanol–water partition coefficient (Wildman–Crippen LogP) is 1.45. The zero-order chi connectivity index (χ0) is 15.2. The second-order valence-electron chi connectivity index (χ2n) is 5.00. The number of rotatable bonds is 4. The van der Waals surface area contributed by atoms with Crippen LogP contribution in [0.15, 0.2) is 24.3 Å². The molecule has 1 aliphatic rings. The monoisotopic (exact) mass is 291 g/mol. The Bertz CT molecular complexity index is 511. The Labute approximate surface area is 124 Å². The zero-order valence-corrected chi connectivity index (χ0v) is 12.2. The number of hydrogen-bond donors (Lipinski definition) is 1. The maximum absolute atomic E-state index is 11.8. The number of anilines is 1. The molecule has 0 aliphatic carbocycles. The first kappa shape index (κ1) is 15.2. The van der Waals surface area contributed by atoms with Crippen molar-refractivity contribution in [2.75, 3.05) is 37.7 Å². The summed E-state index contributed by atoms with van der Waals surface area (Å²) in [5.41, 5.74) is 6.74. The number of carbonyl (C=O) groups is 2. The highest BCUT2D eigenvalue weighted by Gasteiger charge is 2.22. The molecule has 2 rings (SSSR count). The summed E-state index contributed by atoms with van der Waals surface area (Å²) < 4.78 is 5.13. The van der Waals surface area contributed by atoms with Crippen molar-refractivity contribution >= 4 is 17.7 Å². The van der Waals surface area contributed by atoms with E-state index in [-0.39, 0.29) is 6.09 Å². The van der Waals surface area contributed by atoms with Gasteiger partial charge >= 0.3 is 6.09 Å². The average molecular weight is 291 g/mol.